The third-order valence-corrected chi connectivity index (χ3v) is 4.92. The van der Waals surface area contributed by atoms with Crippen LogP contribution in [0.1, 0.15) is 16.7 Å². The molecule has 0 N–H and O–H groups in total. The second-order valence-electron chi connectivity index (χ2n) is 6.65. The molecule has 0 aliphatic heterocycles. The van der Waals surface area contributed by atoms with Crippen LogP contribution in [0.2, 0.25) is 0 Å². The number of rotatable bonds is 2. The van der Waals surface area contributed by atoms with Crippen molar-refractivity contribution in [1.82, 2.24) is 9.55 Å². The third kappa shape index (κ3) is 2.43. The highest BCUT2D eigenvalue weighted by Gasteiger charge is 2.26. The molecular weight excluding hydrogens is 306 g/mol. The summed E-state index contributed by atoms with van der Waals surface area (Å²) in [7, 11) is 2.10. The van der Waals surface area contributed by atoms with E-state index >= 15 is 0 Å². The minimum atomic E-state index is 0.986. The number of aromatic nitrogens is 3. The van der Waals surface area contributed by atoms with E-state index in [-0.39, 0.29) is 0 Å². The number of hydrogen-bond acceptors (Lipinski definition) is 1. The van der Waals surface area contributed by atoms with Crippen LogP contribution in [0.25, 0.3) is 28.2 Å². The van der Waals surface area contributed by atoms with Crippen molar-refractivity contribution in [2.45, 2.75) is 20.8 Å². The monoisotopic (exact) mass is 328 g/mol. The Balaban J connectivity index is 2.17. The molecule has 0 radical (unpaired) electrons. The molecule has 2 aromatic heterocycles. The molecular formula is C22H22N3+. The lowest BCUT2D eigenvalue weighted by atomic mass is 9.99. The van der Waals surface area contributed by atoms with E-state index in [1.54, 1.807) is 0 Å². The summed E-state index contributed by atoms with van der Waals surface area (Å²) in [4.78, 5) is 4.63. The number of hydrogen-bond donors (Lipinski definition) is 0. The van der Waals surface area contributed by atoms with Gasteiger partial charge in [0, 0.05) is 0 Å². The van der Waals surface area contributed by atoms with E-state index in [1.165, 1.54) is 22.3 Å². The van der Waals surface area contributed by atoms with Crippen LogP contribution >= 0.6 is 0 Å². The molecule has 2 heterocycles. The highest BCUT2D eigenvalue weighted by atomic mass is 15.2. The number of pyridine rings is 1. The van der Waals surface area contributed by atoms with Crippen LogP contribution in [0, 0.1) is 20.8 Å². The van der Waals surface area contributed by atoms with Crippen LogP contribution in [0.4, 0.5) is 0 Å². The molecule has 2 aromatic carbocycles. The Morgan fingerprint density at radius 3 is 2.44 bits per heavy atom. The Labute approximate surface area is 148 Å². The minimum absolute atomic E-state index is 0.986. The standard InChI is InChI=1S/C22H22N3/c1-15-13-16(2)17(3)19(14-15)22-24(4)21-20(11-8-12-23-21)25(22)18-9-6-5-7-10-18/h5-14H,1-4H3/q+1. The molecule has 4 rings (SSSR count). The Hall–Kier alpha value is -2.94. The first-order valence-corrected chi connectivity index (χ1v) is 8.57. The van der Waals surface area contributed by atoms with Crippen LogP contribution in [-0.4, -0.2) is 9.55 Å². The number of aryl methyl sites for hydroxylation is 3. The molecule has 0 aliphatic carbocycles. The van der Waals surface area contributed by atoms with Gasteiger partial charge in [0.25, 0.3) is 0 Å². The molecule has 0 fully saturated rings. The Bertz CT molecular complexity index is 1080. The molecule has 0 saturated heterocycles. The van der Waals surface area contributed by atoms with Crippen LogP contribution in [0.3, 0.4) is 0 Å². The molecule has 0 atom stereocenters. The fourth-order valence-corrected chi connectivity index (χ4v) is 3.60. The van der Waals surface area contributed by atoms with E-state index in [4.69, 9.17) is 0 Å². The highest BCUT2D eigenvalue weighted by molar-refractivity contribution is 5.77. The Kier molecular flexibility index (Phi) is 3.65. The zero-order chi connectivity index (χ0) is 17.6. The molecule has 0 bridgehead atoms. The van der Waals surface area contributed by atoms with E-state index in [0.717, 1.165) is 22.7 Å². The maximum atomic E-state index is 4.63. The molecule has 0 amide bonds. The van der Waals surface area contributed by atoms with Crippen molar-refractivity contribution in [3.05, 3.63) is 77.5 Å². The summed E-state index contributed by atoms with van der Waals surface area (Å²) in [6.07, 6.45) is 1.86. The smallest absolute Gasteiger partial charge is 0.229 e. The predicted molar refractivity (Wildman–Crippen MR) is 102 cm³/mol. The number of benzene rings is 2. The van der Waals surface area contributed by atoms with Gasteiger partial charge in [0.1, 0.15) is 11.9 Å². The molecule has 0 aliphatic rings. The number of nitrogens with zero attached hydrogens (tertiary/aromatic N) is 3. The number of para-hydroxylation sites is 1. The van der Waals surface area contributed by atoms with Gasteiger partial charge in [0.05, 0.1) is 12.6 Å². The van der Waals surface area contributed by atoms with Gasteiger partial charge in [0.2, 0.25) is 5.82 Å². The molecule has 4 aromatic rings. The van der Waals surface area contributed by atoms with Crippen molar-refractivity contribution < 1.29 is 4.57 Å². The first-order chi connectivity index (χ1) is 12.1. The van der Waals surface area contributed by atoms with Gasteiger partial charge in [-0.25, -0.2) is 9.13 Å². The molecule has 0 spiro atoms. The maximum absolute atomic E-state index is 4.63. The van der Waals surface area contributed by atoms with Crippen molar-refractivity contribution in [2.24, 2.45) is 7.05 Å². The van der Waals surface area contributed by atoms with Gasteiger partial charge >= 0.3 is 5.65 Å². The van der Waals surface area contributed by atoms with Crippen LogP contribution in [-0.2, 0) is 7.05 Å². The summed E-state index contributed by atoms with van der Waals surface area (Å²) in [5, 5.41) is 0. The third-order valence-electron chi connectivity index (χ3n) is 4.92. The van der Waals surface area contributed by atoms with Gasteiger partial charge < -0.3 is 0 Å². The van der Waals surface area contributed by atoms with Gasteiger partial charge in [-0.1, -0.05) is 29.8 Å². The second kappa shape index (κ2) is 5.85. The number of fused-ring (bicyclic) bond motifs is 1. The second-order valence-corrected chi connectivity index (χ2v) is 6.65. The lowest BCUT2D eigenvalue weighted by molar-refractivity contribution is -0.635. The predicted octanol–water partition coefficient (Wildman–Crippen LogP) is 4.44. The van der Waals surface area contributed by atoms with E-state index in [1.807, 2.05) is 12.3 Å². The van der Waals surface area contributed by atoms with Crippen LogP contribution < -0.4 is 4.57 Å². The fourth-order valence-electron chi connectivity index (χ4n) is 3.60. The highest BCUT2D eigenvalue weighted by Crippen LogP contribution is 2.30. The van der Waals surface area contributed by atoms with E-state index in [0.29, 0.717) is 0 Å². The van der Waals surface area contributed by atoms with Crippen LogP contribution in [0.5, 0.6) is 0 Å². The minimum Gasteiger partial charge on any atom is -0.229 e. The topological polar surface area (TPSA) is 21.7 Å². The van der Waals surface area contributed by atoms with Crippen molar-refractivity contribution in [3.8, 4) is 17.1 Å². The Morgan fingerprint density at radius 1 is 0.920 bits per heavy atom. The summed E-state index contributed by atoms with van der Waals surface area (Å²) in [5.74, 6) is 1.16. The molecule has 3 heteroatoms. The molecule has 3 nitrogen and oxygen atoms in total. The lowest BCUT2D eigenvalue weighted by Crippen LogP contribution is -2.31. The Morgan fingerprint density at radius 2 is 1.68 bits per heavy atom. The van der Waals surface area contributed by atoms with Crippen molar-refractivity contribution in [3.63, 3.8) is 0 Å². The normalized spacial score (nSPS) is 11.2. The first-order valence-electron chi connectivity index (χ1n) is 8.57. The summed E-state index contributed by atoms with van der Waals surface area (Å²) in [6, 6.07) is 19.2. The van der Waals surface area contributed by atoms with E-state index < -0.39 is 0 Å². The maximum Gasteiger partial charge on any atom is 0.302 e. The summed E-state index contributed by atoms with van der Waals surface area (Å²) in [6.45, 7) is 6.54. The molecule has 0 saturated carbocycles. The van der Waals surface area contributed by atoms with Gasteiger partial charge in [-0.15, -0.1) is 4.98 Å². The first kappa shape index (κ1) is 15.6. The summed E-state index contributed by atoms with van der Waals surface area (Å²) >= 11 is 0. The van der Waals surface area contributed by atoms with Gasteiger partial charge in [-0.05, 0) is 62.2 Å². The van der Waals surface area contributed by atoms with Crippen molar-refractivity contribution in [1.29, 1.82) is 0 Å². The fraction of sp³-hybridized carbons (Fsp3) is 0.182. The average molecular weight is 328 g/mol. The van der Waals surface area contributed by atoms with Crippen molar-refractivity contribution >= 4 is 11.2 Å². The van der Waals surface area contributed by atoms with E-state index in [2.05, 4.69) is 90.5 Å². The van der Waals surface area contributed by atoms with Gasteiger partial charge in [0.15, 0.2) is 5.52 Å². The lowest BCUT2D eigenvalue weighted by Gasteiger charge is -2.11. The van der Waals surface area contributed by atoms with Gasteiger partial charge in [-0.2, -0.15) is 0 Å². The average Bonchev–Trinajstić information content (AvgIpc) is 2.92. The largest absolute Gasteiger partial charge is 0.302 e. The summed E-state index contributed by atoms with van der Waals surface area (Å²) in [5.41, 5.74) is 8.39. The van der Waals surface area contributed by atoms with Gasteiger partial charge in [-0.3, -0.25) is 0 Å². The summed E-state index contributed by atoms with van der Waals surface area (Å²) < 4.78 is 4.51. The quantitative estimate of drug-likeness (QED) is 0.499. The van der Waals surface area contributed by atoms with Crippen molar-refractivity contribution in [2.75, 3.05) is 0 Å². The molecule has 124 valence electrons. The zero-order valence-corrected chi connectivity index (χ0v) is 15.1. The SMILES string of the molecule is Cc1cc(C)c(C)c(-c2n(-c3ccccc3)c3cccnc3[n+]2C)c1. The number of imidazole rings is 1. The van der Waals surface area contributed by atoms with E-state index in [9.17, 15) is 0 Å². The molecule has 25 heavy (non-hydrogen) atoms. The zero-order valence-electron chi connectivity index (χ0n) is 15.1. The molecule has 0 unspecified atom stereocenters. The van der Waals surface area contributed by atoms with Crippen LogP contribution in [0.15, 0.2) is 60.8 Å².